The van der Waals surface area contributed by atoms with Gasteiger partial charge in [-0.1, -0.05) is 20.3 Å². The molecule has 4 nitrogen and oxygen atoms in total. The van der Waals surface area contributed by atoms with Gasteiger partial charge in [0.15, 0.2) is 0 Å². The first-order valence-corrected chi connectivity index (χ1v) is 8.80. The van der Waals surface area contributed by atoms with Crippen LogP contribution in [0.25, 0.3) is 10.2 Å². The highest BCUT2D eigenvalue weighted by Crippen LogP contribution is 2.34. The molecule has 3 rings (SSSR count). The number of anilines is 2. The maximum Gasteiger partial charge on any atom is 0.225 e. The number of nitrogens with zero attached hydrogens (tertiary/aromatic N) is 3. The topological polar surface area (TPSA) is 41.1 Å². The third-order valence-electron chi connectivity index (χ3n) is 4.49. The Morgan fingerprint density at radius 3 is 2.67 bits per heavy atom. The van der Waals surface area contributed by atoms with Crippen LogP contribution < -0.4 is 10.2 Å². The number of hydrogen-bond acceptors (Lipinski definition) is 5. The van der Waals surface area contributed by atoms with Crippen LogP contribution in [0.5, 0.6) is 0 Å². The van der Waals surface area contributed by atoms with E-state index in [4.69, 9.17) is 4.98 Å². The molecule has 0 spiro atoms. The normalized spacial score (nSPS) is 16.6. The van der Waals surface area contributed by atoms with Crippen molar-refractivity contribution in [2.75, 3.05) is 30.4 Å². The largest absolute Gasteiger partial charge is 0.357 e. The molecule has 1 aliphatic rings. The van der Waals surface area contributed by atoms with Gasteiger partial charge in [-0.15, -0.1) is 11.3 Å². The predicted octanol–water partition coefficient (Wildman–Crippen LogP) is 3.92. The minimum atomic E-state index is 0.736. The summed E-state index contributed by atoms with van der Waals surface area (Å²) >= 11 is 1.79. The molecule has 0 amide bonds. The molecule has 21 heavy (non-hydrogen) atoms. The Morgan fingerprint density at radius 2 is 2.05 bits per heavy atom. The minimum absolute atomic E-state index is 0.736. The van der Waals surface area contributed by atoms with Crippen molar-refractivity contribution in [3.05, 3.63) is 10.9 Å². The summed E-state index contributed by atoms with van der Waals surface area (Å²) in [5.74, 6) is 2.74. The number of nitrogens with one attached hydrogen (secondary N) is 1. The quantitative estimate of drug-likeness (QED) is 0.929. The summed E-state index contributed by atoms with van der Waals surface area (Å²) in [4.78, 5) is 14.3. The summed E-state index contributed by atoms with van der Waals surface area (Å²) < 4.78 is 0. The Morgan fingerprint density at radius 1 is 1.29 bits per heavy atom. The monoisotopic (exact) mass is 304 g/mol. The molecule has 0 aliphatic carbocycles. The molecule has 114 valence electrons. The molecule has 2 aromatic rings. The average molecular weight is 304 g/mol. The third kappa shape index (κ3) is 2.84. The molecule has 0 aromatic carbocycles. The van der Waals surface area contributed by atoms with E-state index in [0.717, 1.165) is 42.0 Å². The summed E-state index contributed by atoms with van der Waals surface area (Å²) in [5, 5.41) is 4.33. The van der Waals surface area contributed by atoms with Crippen LogP contribution in [-0.4, -0.2) is 30.1 Å². The zero-order chi connectivity index (χ0) is 14.8. The second-order valence-electron chi connectivity index (χ2n) is 5.74. The molecule has 0 bridgehead atoms. The van der Waals surface area contributed by atoms with Crippen LogP contribution in [-0.2, 0) is 6.42 Å². The van der Waals surface area contributed by atoms with Crippen LogP contribution >= 0.6 is 11.3 Å². The molecule has 1 aliphatic heterocycles. The molecule has 0 unspecified atom stereocenters. The number of hydrogen-bond donors (Lipinski definition) is 1. The van der Waals surface area contributed by atoms with E-state index in [1.807, 2.05) is 7.05 Å². The van der Waals surface area contributed by atoms with Crippen molar-refractivity contribution in [1.29, 1.82) is 0 Å². The molecule has 1 N–H and O–H groups in total. The van der Waals surface area contributed by atoms with Gasteiger partial charge in [-0.05, 0) is 31.2 Å². The lowest BCUT2D eigenvalue weighted by molar-refractivity contribution is 0.394. The van der Waals surface area contributed by atoms with Crippen molar-refractivity contribution in [3.63, 3.8) is 0 Å². The zero-order valence-corrected chi connectivity index (χ0v) is 14.0. The number of thiophene rings is 1. The molecule has 2 aromatic heterocycles. The van der Waals surface area contributed by atoms with E-state index < -0.39 is 0 Å². The first kappa shape index (κ1) is 14.6. The van der Waals surface area contributed by atoms with Crippen molar-refractivity contribution in [3.8, 4) is 0 Å². The van der Waals surface area contributed by atoms with Crippen molar-refractivity contribution >= 4 is 33.3 Å². The van der Waals surface area contributed by atoms with Crippen molar-refractivity contribution < 1.29 is 0 Å². The fourth-order valence-electron chi connectivity index (χ4n) is 3.04. The minimum Gasteiger partial charge on any atom is -0.357 e. The first-order valence-electron chi connectivity index (χ1n) is 7.98. The SMILES string of the molecule is CCc1cc2c(N3CCC(CC)CC3)nc(NC)nc2s1. The van der Waals surface area contributed by atoms with Crippen LogP contribution in [0.1, 0.15) is 38.0 Å². The van der Waals surface area contributed by atoms with E-state index in [0.29, 0.717) is 0 Å². The van der Waals surface area contributed by atoms with Crippen molar-refractivity contribution in [2.45, 2.75) is 39.5 Å². The fraction of sp³-hybridized carbons (Fsp3) is 0.625. The van der Waals surface area contributed by atoms with Gasteiger partial charge in [-0.2, -0.15) is 4.98 Å². The number of rotatable bonds is 4. The lowest BCUT2D eigenvalue weighted by atomic mass is 9.94. The number of aryl methyl sites for hydroxylation is 1. The van der Waals surface area contributed by atoms with Gasteiger partial charge in [0.1, 0.15) is 10.6 Å². The first-order chi connectivity index (χ1) is 10.2. The van der Waals surface area contributed by atoms with Crippen LogP contribution in [0.15, 0.2) is 6.07 Å². The maximum absolute atomic E-state index is 4.75. The second-order valence-corrected chi connectivity index (χ2v) is 6.86. The second kappa shape index (κ2) is 6.18. The van der Waals surface area contributed by atoms with Crippen LogP contribution in [0.2, 0.25) is 0 Å². The van der Waals surface area contributed by atoms with Gasteiger partial charge in [-0.3, -0.25) is 0 Å². The Bertz CT molecular complexity index is 614. The van der Waals surface area contributed by atoms with Crippen LogP contribution in [0.3, 0.4) is 0 Å². The van der Waals surface area contributed by atoms with Gasteiger partial charge < -0.3 is 10.2 Å². The van der Waals surface area contributed by atoms with E-state index in [2.05, 4.69) is 35.1 Å². The molecule has 1 fully saturated rings. The number of piperidine rings is 1. The van der Waals surface area contributed by atoms with Gasteiger partial charge in [0, 0.05) is 25.0 Å². The molecule has 0 atom stereocenters. The Hall–Kier alpha value is -1.36. The summed E-state index contributed by atoms with van der Waals surface area (Å²) in [6.45, 7) is 6.73. The standard InChI is InChI=1S/C16H24N4S/c1-4-11-6-8-20(9-7-11)14-13-10-12(5-2)21-15(13)19-16(17-3)18-14/h10-11H,4-9H2,1-3H3,(H,17,18,19). The Kier molecular flexibility index (Phi) is 4.29. The smallest absolute Gasteiger partial charge is 0.225 e. The summed E-state index contributed by atoms with van der Waals surface area (Å²) in [6.07, 6.45) is 4.92. The highest BCUT2D eigenvalue weighted by atomic mass is 32.1. The molecule has 0 radical (unpaired) electrons. The molecule has 0 saturated carbocycles. The molecule has 5 heteroatoms. The molecule has 3 heterocycles. The lowest BCUT2D eigenvalue weighted by Crippen LogP contribution is -2.34. The van der Waals surface area contributed by atoms with Gasteiger partial charge in [0.05, 0.1) is 5.39 Å². The van der Waals surface area contributed by atoms with E-state index in [9.17, 15) is 0 Å². The van der Waals surface area contributed by atoms with Crippen molar-refractivity contribution in [2.24, 2.45) is 5.92 Å². The molecular weight excluding hydrogens is 280 g/mol. The summed E-state index contributed by atoms with van der Waals surface area (Å²) in [6, 6.07) is 2.28. The zero-order valence-electron chi connectivity index (χ0n) is 13.1. The maximum atomic E-state index is 4.75. The van der Waals surface area contributed by atoms with E-state index in [1.54, 1.807) is 11.3 Å². The molecular formula is C16H24N4S. The third-order valence-corrected chi connectivity index (χ3v) is 5.66. The lowest BCUT2D eigenvalue weighted by Gasteiger charge is -2.32. The molecule has 1 saturated heterocycles. The van der Waals surface area contributed by atoms with Crippen LogP contribution in [0.4, 0.5) is 11.8 Å². The van der Waals surface area contributed by atoms with E-state index in [-0.39, 0.29) is 0 Å². The highest BCUT2D eigenvalue weighted by molar-refractivity contribution is 7.18. The van der Waals surface area contributed by atoms with E-state index in [1.165, 1.54) is 29.5 Å². The van der Waals surface area contributed by atoms with Crippen molar-refractivity contribution in [1.82, 2.24) is 9.97 Å². The summed E-state index contributed by atoms with van der Waals surface area (Å²) in [5.41, 5.74) is 0. The Balaban J connectivity index is 1.98. The number of aromatic nitrogens is 2. The highest BCUT2D eigenvalue weighted by Gasteiger charge is 2.22. The fourth-order valence-corrected chi connectivity index (χ4v) is 4.00. The predicted molar refractivity (Wildman–Crippen MR) is 91.6 cm³/mol. The Labute approximate surface area is 130 Å². The van der Waals surface area contributed by atoms with Gasteiger partial charge in [0.25, 0.3) is 0 Å². The average Bonchev–Trinajstić information content (AvgIpc) is 2.97. The van der Waals surface area contributed by atoms with Gasteiger partial charge in [0.2, 0.25) is 5.95 Å². The van der Waals surface area contributed by atoms with Gasteiger partial charge >= 0.3 is 0 Å². The van der Waals surface area contributed by atoms with Gasteiger partial charge in [-0.25, -0.2) is 4.98 Å². The van der Waals surface area contributed by atoms with E-state index >= 15 is 0 Å². The summed E-state index contributed by atoms with van der Waals surface area (Å²) in [7, 11) is 1.89. The van der Waals surface area contributed by atoms with Crippen LogP contribution in [0, 0.1) is 5.92 Å². The number of fused-ring (bicyclic) bond motifs is 1.